The van der Waals surface area contributed by atoms with Crippen molar-refractivity contribution in [3.8, 4) is 5.75 Å². The van der Waals surface area contributed by atoms with Crippen LogP contribution in [0.2, 0.25) is 10.0 Å². The van der Waals surface area contributed by atoms with E-state index in [1.165, 1.54) is 25.1 Å². The van der Waals surface area contributed by atoms with Crippen molar-refractivity contribution in [2.75, 3.05) is 0 Å². The van der Waals surface area contributed by atoms with Gasteiger partial charge in [0.25, 0.3) is 5.91 Å². The Hall–Kier alpha value is -2.31. The molecule has 2 rings (SSSR count). The number of rotatable bonds is 5. The molecule has 0 saturated heterocycles. The second kappa shape index (κ2) is 8.69. The predicted molar refractivity (Wildman–Crippen MR) is 92.9 cm³/mol. The van der Waals surface area contributed by atoms with E-state index in [2.05, 4.69) is 10.9 Å². The highest BCUT2D eigenvalue weighted by molar-refractivity contribution is 6.42. The van der Waals surface area contributed by atoms with Gasteiger partial charge in [0.2, 0.25) is 5.91 Å². The number of amides is 2. The molecule has 132 valence electrons. The lowest BCUT2D eigenvalue weighted by atomic mass is 10.1. The SMILES string of the molecule is C[C@H](Oc1ccccc1F)C(=O)NNC(=O)Cc1ccc(Cl)c(Cl)c1. The van der Waals surface area contributed by atoms with Crippen LogP contribution in [0.25, 0.3) is 0 Å². The minimum absolute atomic E-state index is 0.000277. The summed E-state index contributed by atoms with van der Waals surface area (Å²) in [4.78, 5) is 23.7. The summed E-state index contributed by atoms with van der Waals surface area (Å²) in [5.74, 6) is -1.70. The van der Waals surface area contributed by atoms with Gasteiger partial charge in [-0.25, -0.2) is 4.39 Å². The smallest absolute Gasteiger partial charge is 0.279 e. The molecule has 0 bridgehead atoms. The fourth-order valence-electron chi connectivity index (χ4n) is 1.90. The minimum atomic E-state index is -0.998. The molecule has 0 fully saturated rings. The predicted octanol–water partition coefficient (Wildman–Crippen LogP) is 3.29. The van der Waals surface area contributed by atoms with Crippen LogP contribution in [-0.4, -0.2) is 17.9 Å². The highest BCUT2D eigenvalue weighted by Crippen LogP contribution is 2.22. The topological polar surface area (TPSA) is 67.4 Å². The average Bonchev–Trinajstić information content (AvgIpc) is 2.58. The molecular weight excluding hydrogens is 370 g/mol. The molecule has 0 aliphatic carbocycles. The van der Waals surface area contributed by atoms with Crippen LogP contribution in [0.5, 0.6) is 5.75 Å². The van der Waals surface area contributed by atoms with Gasteiger partial charge in [0.15, 0.2) is 17.7 Å². The molecule has 0 aliphatic heterocycles. The maximum atomic E-state index is 13.5. The molecule has 2 aromatic carbocycles. The number of hydrazine groups is 1. The van der Waals surface area contributed by atoms with E-state index >= 15 is 0 Å². The Morgan fingerprint density at radius 1 is 1.12 bits per heavy atom. The Labute approximate surface area is 154 Å². The first-order valence-electron chi connectivity index (χ1n) is 7.30. The van der Waals surface area contributed by atoms with Gasteiger partial charge in [-0.3, -0.25) is 20.4 Å². The van der Waals surface area contributed by atoms with E-state index < -0.39 is 23.7 Å². The molecule has 0 saturated carbocycles. The molecule has 0 heterocycles. The molecular formula is C17H15Cl2FN2O3. The van der Waals surface area contributed by atoms with Crippen molar-refractivity contribution in [1.82, 2.24) is 10.9 Å². The van der Waals surface area contributed by atoms with Crippen LogP contribution in [0.3, 0.4) is 0 Å². The van der Waals surface area contributed by atoms with Crippen molar-refractivity contribution in [3.63, 3.8) is 0 Å². The first kappa shape index (κ1) is 19.0. The molecule has 8 heteroatoms. The van der Waals surface area contributed by atoms with Crippen molar-refractivity contribution in [1.29, 1.82) is 0 Å². The third kappa shape index (κ3) is 5.62. The van der Waals surface area contributed by atoms with Crippen molar-refractivity contribution < 1.29 is 18.7 Å². The zero-order valence-electron chi connectivity index (χ0n) is 13.2. The fraction of sp³-hybridized carbons (Fsp3) is 0.176. The number of nitrogens with one attached hydrogen (secondary N) is 2. The molecule has 1 atom stereocenters. The van der Waals surface area contributed by atoms with E-state index in [4.69, 9.17) is 27.9 Å². The van der Waals surface area contributed by atoms with Gasteiger partial charge in [-0.15, -0.1) is 0 Å². The number of hydrogen-bond acceptors (Lipinski definition) is 3. The highest BCUT2D eigenvalue weighted by Gasteiger charge is 2.17. The molecule has 25 heavy (non-hydrogen) atoms. The van der Waals surface area contributed by atoms with Gasteiger partial charge in [0, 0.05) is 0 Å². The summed E-state index contributed by atoms with van der Waals surface area (Å²) < 4.78 is 18.7. The summed E-state index contributed by atoms with van der Waals surface area (Å²) in [6.07, 6.45) is -0.998. The Kier molecular flexibility index (Phi) is 6.61. The molecule has 2 N–H and O–H groups in total. The summed E-state index contributed by atoms with van der Waals surface area (Å²) >= 11 is 11.7. The van der Waals surface area contributed by atoms with Crippen molar-refractivity contribution in [2.45, 2.75) is 19.4 Å². The van der Waals surface area contributed by atoms with Crippen LogP contribution < -0.4 is 15.6 Å². The van der Waals surface area contributed by atoms with E-state index in [1.54, 1.807) is 24.3 Å². The van der Waals surface area contributed by atoms with E-state index in [0.29, 0.717) is 15.6 Å². The maximum Gasteiger partial charge on any atom is 0.279 e. The molecule has 0 unspecified atom stereocenters. The molecule has 0 spiro atoms. The number of ether oxygens (including phenoxy) is 1. The van der Waals surface area contributed by atoms with Gasteiger partial charge >= 0.3 is 0 Å². The fourth-order valence-corrected chi connectivity index (χ4v) is 2.22. The molecule has 0 aromatic heterocycles. The van der Waals surface area contributed by atoms with Crippen molar-refractivity contribution >= 4 is 35.0 Å². The van der Waals surface area contributed by atoms with E-state index in [-0.39, 0.29) is 12.2 Å². The number of para-hydroxylation sites is 1. The third-order valence-corrected chi connectivity index (χ3v) is 3.92. The van der Waals surface area contributed by atoms with Crippen LogP contribution in [0.4, 0.5) is 4.39 Å². The summed E-state index contributed by atoms with van der Waals surface area (Å²) in [5.41, 5.74) is 5.12. The Morgan fingerprint density at radius 3 is 2.52 bits per heavy atom. The average molecular weight is 385 g/mol. The molecule has 0 radical (unpaired) electrons. The molecule has 2 amide bonds. The maximum absolute atomic E-state index is 13.5. The van der Waals surface area contributed by atoms with Crippen LogP contribution in [-0.2, 0) is 16.0 Å². The second-order valence-corrected chi connectivity index (χ2v) is 5.97. The quantitative estimate of drug-likeness (QED) is 0.777. The zero-order valence-corrected chi connectivity index (χ0v) is 14.7. The van der Waals surface area contributed by atoms with Crippen molar-refractivity contribution in [3.05, 3.63) is 63.9 Å². The third-order valence-electron chi connectivity index (χ3n) is 3.18. The largest absolute Gasteiger partial charge is 0.478 e. The van der Waals surface area contributed by atoms with Gasteiger partial charge in [-0.05, 0) is 36.8 Å². The number of halogens is 3. The summed E-state index contributed by atoms with van der Waals surface area (Å²) in [7, 11) is 0. The van der Waals surface area contributed by atoms with Gasteiger partial charge in [0.1, 0.15) is 0 Å². The Balaban J connectivity index is 1.83. The number of benzene rings is 2. The monoisotopic (exact) mass is 384 g/mol. The Morgan fingerprint density at radius 2 is 1.84 bits per heavy atom. The van der Waals surface area contributed by atoms with Crippen LogP contribution in [0, 0.1) is 5.82 Å². The van der Waals surface area contributed by atoms with E-state index in [1.807, 2.05) is 0 Å². The van der Waals surface area contributed by atoms with E-state index in [9.17, 15) is 14.0 Å². The van der Waals surface area contributed by atoms with Crippen molar-refractivity contribution in [2.24, 2.45) is 0 Å². The lowest BCUT2D eigenvalue weighted by molar-refractivity contribution is -0.132. The normalized spacial score (nSPS) is 11.5. The number of carbonyl (C=O) groups is 2. The van der Waals surface area contributed by atoms with Gasteiger partial charge in [0.05, 0.1) is 16.5 Å². The highest BCUT2D eigenvalue weighted by atomic mass is 35.5. The minimum Gasteiger partial charge on any atom is -0.478 e. The van der Waals surface area contributed by atoms with Gasteiger partial charge < -0.3 is 4.74 Å². The summed E-state index contributed by atoms with van der Waals surface area (Å²) in [6, 6.07) is 10.5. The van der Waals surface area contributed by atoms with Crippen LogP contribution in [0.1, 0.15) is 12.5 Å². The van der Waals surface area contributed by atoms with Crippen LogP contribution in [0.15, 0.2) is 42.5 Å². The van der Waals surface area contributed by atoms with E-state index in [0.717, 1.165) is 0 Å². The molecule has 0 aliphatic rings. The van der Waals surface area contributed by atoms with Gasteiger partial charge in [-0.1, -0.05) is 41.4 Å². The first-order chi connectivity index (χ1) is 11.9. The Bertz CT molecular complexity index is 786. The second-order valence-electron chi connectivity index (χ2n) is 5.15. The summed E-state index contributed by atoms with van der Waals surface area (Å²) in [5, 5.41) is 0.723. The zero-order chi connectivity index (χ0) is 18.4. The lowest BCUT2D eigenvalue weighted by Gasteiger charge is -2.15. The lowest BCUT2D eigenvalue weighted by Crippen LogP contribution is -2.47. The standard InChI is InChI=1S/C17H15Cl2FN2O3/c1-10(25-15-5-3-2-4-14(15)20)17(24)22-21-16(23)9-11-6-7-12(18)13(19)8-11/h2-8,10H,9H2,1H3,(H,21,23)(H,22,24)/t10-/m0/s1. The van der Waals surface area contributed by atoms with Crippen LogP contribution >= 0.6 is 23.2 Å². The molecule has 2 aromatic rings. The van der Waals surface area contributed by atoms with Gasteiger partial charge in [-0.2, -0.15) is 0 Å². The molecule has 5 nitrogen and oxygen atoms in total. The summed E-state index contributed by atoms with van der Waals surface area (Å²) in [6.45, 7) is 1.44. The first-order valence-corrected chi connectivity index (χ1v) is 8.06. The number of carbonyl (C=O) groups excluding carboxylic acids is 2. The number of hydrogen-bond donors (Lipinski definition) is 2.